The van der Waals surface area contributed by atoms with Crippen LogP contribution in [0, 0.1) is 5.82 Å². The van der Waals surface area contributed by atoms with Crippen LogP contribution in [0.2, 0.25) is 0 Å². The Kier molecular flexibility index (Phi) is 4.77. The summed E-state index contributed by atoms with van der Waals surface area (Å²) in [6.45, 7) is 2.70. The topological polar surface area (TPSA) is 82.6 Å². The minimum absolute atomic E-state index is 0.0602. The molecular formula is C21H21FN4O3. The summed E-state index contributed by atoms with van der Waals surface area (Å²) in [4.78, 5) is 45.1. The van der Waals surface area contributed by atoms with Crippen molar-refractivity contribution in [1.29, 1.82) is 0 Å². The van der Waals surface area contributed by atoms with Crippen molar-refractivity contribution in [2.45, 2.75) is 18.8 Å². The van der Waals surface area contributed by atoms with Gasteiger partial charge in [-0.25, -0.2) is 4.39 Å². The fraction of sp³-hybridized carbons (Fsp3) is 0.333. The lowest BCUT2D eigenvalue weighted by atomic mass is 9.81. The van der Waals surface area contributed by atoms with Crippen LogP contribution >= 0.6 is 0 Å². The molecule has 3 amide bonds. The van der Waals surface area contributed by atoms with Gasteiger partial charge in [0.25, 0.3) is 5.91 Å². The van der Waals surface area contributed by atoms with Crippen molar-refractivity contribution < 1.29 is 18.8 Å². The van der Waals surface area contributed by atoms with Crippen LogP contribution in [0.4, 0.5) is 10.1 Å². The molecule has 0 saturated carbocycles. The molecule has 3 heterocycles. The Labute approximate surface area is 167 Å². The number of para-hydroxylation sites is 1. The molecule has 7 nitrogen and oxygen atoms in total. The first-order valence-electron chi connectivity index (χ1n) is 9.55. The Bertz CT molecular complexity index is 995. The quantitative estimate of drug-likeness (QED) is 0.849. The van der Waals surface area contributed by atoms with Gasteiger partial charge in [-0.15, -0.1) is 0 Å². The van der Waals surface area contributed by atoms with Crippen molar-refractivity contribution in [3.05, 3.63) is 59.7 Å². The number of pyridine rings is 1. The first kappa shape index (κ1) is 19.0. The highest BCUT2D eigenvalue weighted by Crippen LogP contribution is 2.47. The summed E-state index contributed by atoms with van der Waals surface area (Å²) in [6.07, 6.45) is 2.79. The van der Waals surface area contributed by atoms with E-state index in [0.717, 1.165) is 11.8 Å². The zero-order valence-corrected chi connectivity index (χ0v) is 16.0. The number of rotatable bonds is 4. The Morgan fingerprint density at radius 2 is 2.07 bits per heavy atom. The molecule has 2 aliphatic rings. The summed E-state index contributed by atoms with van der Waals surface area (Å²) in [5, 5.41) is 2.71. The molecule has 2 aliphatic heterocycles. The normalized spacial score (nSPS) is 20.3. The molecular weight excluding hydrogens is 375 g/mol. The van der Waals surface area contributed by atoms with E-state index in [1.54, 1.807) is 0 Å². The van der Waals surface area contributed by atoms with Gasteiger partial charge in [-0.3, -0.25) is 19.4 Å². The molecule has 1 unspecified atom stereocenters. The number of nitrogens with one attached hydrogen (secondary N) is 1. The predicted molar refractivity (Wildman–Crippen MR) is 104 cm³/mol. The van der Waals surface area contributed by atoms with Gasteiger partial charge in [0, 0.05) is 31.5 Å². The standard InChI is InChI=1S/C21H21FN4O3/c1-2-24-18(27)12-26-17-6-4-3-5-15(17)21(20(26)29)8-10-25(13-21)19(28)14-7-9-23-11-16(14)22/h3-7,9,11H,2,8,10,12-13H2,1H3,(H,24,27). The van der Waals surface area contributed by atoms with Crippen molar-refractivity contribution in [2.75, 3.05) is 31.1 Å². The number of fused-ring (bicyclic) bond motifs is 2. The van der Waals surface area contributed by atoms with Crippen LogP contribution in [0.5, 0.6) is 0 Å². The summed E-state index contributed by atoms with van der Waals surface area (Å²) >= 11 is 0. The third kappa shape index (κ3) is 3.04. The zero-order chi connectivity index (χ0) is 20.6. The van der Waals surface area contributed by atoms with Gasteiger partial charge >= 0.3 is 0 Å². The summed E-state index contributed by atoms with van der Waals surface area (Å²) in [5.74, 6) is -1.59. The average Bonchev–Trinajstić information content (AvgIpc) is 3.26. The molecule has 1 fully saturated rings. The first-order valence-corrected chi connectivity index (χ1v) is 9.55. The van der Waals surface area contributed by atoms with Crippen molar-refractivity contribution in [1.82, 2.24) is 15.2 Å². The third-order valence-electron chi connectivity index (χ3n) is 5.60. The second-order valence-corrected chi connectivity index (χ2v) is 7.28. The van der Waals surface area contributed by atoms with Gasteiger partial charge in [0.2, 0.25) is 11.8 Å². The van der Waals surface area contributed by atoms with Crippen LogP contribution < -0.4 is 10.2 Å². The monoisotopic (exact) mass is 396 g/mol. The van der Waals surface area contributed by atoms with Crippen molar-refractivity contribution in [3.63, 3.8) is 0 Å². The lowest BCUT2D eigenvalue weighted by molar-refractivity contribution is -0.126. The van der Waals surface area contributed by atoms with Crippen molar-refractivity contribution >= 4 is 23.4 Å². The third-order valence-corrected chi connectivity index (χ3v) is 5.60. The van der Waals surface area contributed by atoms with Crippen LogP contribution in [0.3, 0.4) is 0 Å². The van der Waals surface area contributed by atoms with E-state index in [9.17, 15) is 18.8 Å². The highest BCUT2D eigenvalue weighted by molar-refractivity contribution is 6.11. The zero-order valence-electron chi connectivity index (χ0n) is 16.0. The van der Waals surface area contributed by atoms with E-state index in [4.69, 9.17) is 0 Å². The molecule has 1 aromatic carbocycles. The molecule has 0 bridgehead atoms. The van der Waals surface area contributed by atoms with Crippen LogP contribution in [-0.4, -0.2) is 53.8 Å². The van der Waals surface area contributed by atoms with Gasteiger partial charge in [0.15, 0.2) is 5.82 Å². The van der Waals surface area contributed by atoms with Crippen LogP contribution in [0.15, 0.2) is 42.7 Å². The number of amides is 3. The maximum atomic E-state index is 14.0. The smallest absolute Gasteiger partial charge is 0.256 e. The fourth-order valence-electron chi connectivity index (χ4n) is 4.25. The number of hydrogen-bond donors (Lipinski definition) is 1. The number of benzene rings is 1. The van der Waals surface area contributed by atoms with E-state index in [1.165, 1.54) is 22.1 Å². The minimum atomic E-state index is -0.914. The lowest BCUT2D eigenvalue weighted by Gasteiger charge is -2.24. The number of halogens is 1. The Morgan fingerprint density at radius 1 is 1.28 bits per heavy atom. The van der Waals surface area contributed by atoms with E-state index in [0.29, 0.717) is 25.2 Å². The molecule has 0 aliphatic carbocycles. The Balaban J connectivity index is 1.64. The molecule has 1 aromatic heterocycles. The van der Waals surface area contributed by atoms with E-state index in [-0.39, 0.29) is 30.5 Å². The maximum Gasteiger partial charge on any atom is 0.256 e. The summed E-state index contributed by atoms with van der Waals surface area (Å²) < 4.78 is 14.0. The van der Waals surface area contributed by atoms with Crippen LogP contribution in [-0.2, 0) is 15.0 Å². The van der Waals surface area contributed by atoms with Crippen LogP contribution in [0.1, 0.15) is 29.3 Å². The molecule has 150 valence electrons. The Hall–Kier alpha value is -3.29. The minimum Gasteiger partial charge on any atom is -0.355 e. The molecule has 0 radical (unpaired) electrons. The highest BCUT2D eigenvalue weighted by Gasteiger charge is 2.55. The second-order valence-electron chi connectivity index (χ2n) is 7.28. The van der Waals surface area contributed by atoms with E-state index >= 15 is 0 Å². The second kappa shape index (κ2) is 7.27. The van der Waals surface area contributed by atoms with E-state index < -0.39 is 17.1 Å². The first-order chi connectivity index (χ1) is 14.0. The summed E-state index contributed by atoms with van der Waals surface area (Å²) in [5.41, 5.74) is 0.519. The fourth-order valence-corrected chi connectivity index (χ4v) is 4.25. The summed E-state index contributed by atoms with van der Waals surface area (Å²) in [7, 11) is 0. The number of likely N-dealkylation sites (N-methyl/N-ethyl adjacent to an activating group) is 1. The van der Waals surface area contributed by atoms with Crippen molar-refractivity contribution in [2.24, 2.45) is 0 Å². The lowest BCUT2D eigenvalue weighted by Crippen LogP contribution is -2.46. The molecule has 8 heteroatoms. The predicted octanol–water partition coefficient (Wildman–Crippen LogP) is 1.49. The SMILES string of the molecule is CCNC(=O)CN1C(=O)C2(CCN(C(=O)c3ccncc3F)C2)c2ccccc21. The van der Waals surface area contributed by atoms with Crippen LogP contribution in [0.25, 0.3) is 0 Å². The number of anilines is 1. The Morgan fingerprint density at radius 3 is 2.83 bits per heavy atom. The largest absolute Gasteiger partial charge is 0.355 e. The van der Waals surface area contributed by atoms with E-state index in [2.05, 4.69) is 10.3 Å². The summed E-state index contributed by atoms with van der Waals surface area (Å²) in [6, 6.07) is 8.69. The molecule has 4 rings (SSSR count). The number of hydrogen-bond acceptors (Lipinski definition) is 4. The van der Waals surface area contributed by atoms with E-state index in [1.807, 2.05) is 31.2 Å². The molecule has 1 saturated heterocycles. The van der Waals surface area contributed by atoms with Gasteiger partial charge in [-0.2, -0.15) is 0 Å². The van der Waals surface area contributed by atoms with Gasteiger partial charge in [-0.05, 0) is 31.0 Å². The number of aromatic nitrogens is 1. The molecule has 1 spiro atoms. The number of carbonyl (C=O) groups excluding carboxylic acids is 3. The number of nitrogens with zero attached hydrogens (tertiary/aromatic N) is 3. The van der Waals surface area contributed by atoms with Gasteiger partial charge in [0.1, 0.15) is 6.54 Å². The van der Waals surface area contributed by atoms with Gasteiger partial charge < -0.3 is 15.1 Å². The number of likely N-dealkylation sites (tertiary alicyclic amines) is 1. The molecule has 1 atom stereocenters. The molecule has 2 aromatic rings. The highest BCUT2D eigenvalue weighted by atomic mass is 19.1. The average molecular weight is 396 g/mol. The molecule has 1 N–H and O–H groups in total. The van der Waals surface area contributed by atoms with Crippen molar-refractivity contribution in [3.8, 4) is 0 Å². The van der Waals surface area contributed by atoms with Gasteiger partial charge in [0.05, 0.1) is 17.2 Å². The van der Waals surface area contributed by atoms with Gasteiger partial charge in [-0.1, -0.05) is 18.2 Å². The molecule has 29 heavy (non-hydrogen) atoms. The maximum absolute atomic E-state index is 14.0. The number of carbonyl (C=O) groups is 3.